The van der Waals surface area contributed by atoms with Crippen molar-refractivity contribution in [3.05, 3.63) is 78.2 Å². The molecule has 8 nitrogen and oxygen atoms in total. The molecule has 1 saturated carbocycles. The van der Waals surface area contributed by atoms with Crippen molar-refractivity contribution in [2.45, 2.75) is 30.4 Å². The van der Waals surface area contributed by atoms with Crippen LogP contribution in [0.25, 0.3) is 0 Å². The Morgan fingerprint density at radius 2 is 1.77 bits per heavy atom. The Morgan fingerprint density at radius 3 is 2.47 bits per heavy atom. The van der Waals surface area contributed by atoms with Gasteiger partial charge >= 0.3 is 0 Å². The second-order valence-corrected chi connectivity index (χ2v) is 8.58. The normalized spacial score (nSPS) is 13.6. The van der Waals surface area contributed by atoms with Gasteiger partial charge in [0, 0.05) is 30.2 Å². The Morgan fingerprint density at radius 1 is 1.03 bits per heavy atom. The summed E-state index contributed by atoms with van der Waals surface area (Å²) in [7, 11) is -3.56. The van der Waals surface area contributed by atoms with Crippen LogP contribution >= 0.6 is 0 Å². The van der Waals surface area contributed by atoms with E-state index in [2.05, 4.69) is 20.0 Å². The minimum atomic E-state index is -3.56. The number of sulfonamides is 1. The largest absolute Gasteiger partial charge is 0.485 e. The molecule has 1 amide bonds. The molecule has 1 fully saturated rings. The molecule has 1 aliphatic rings. The number of ether oxygens (including phenoxy) is 1. The number of hydrogen-bond donors (Lipinski definition) is 2. The number of nitrogens with one attached hydrogen (secondary N) is 2. The Labute approximate surface area is 174 Å². The predicted octanol–water partition coefficient (Wildman–Crippen LogP) is 2.75. The standard InChI is InChI=1S/C21H20N4O4S/c26-21(16-3-7-18(8-4-16)30(27,28)25-17-5-6-17)24-20-19(2-1-11-23-20)29-14-15-9-12-22-13-10-15/h1-4,7-13,17,25H,5-6,14H2,(H,23,24,26). The van der Waals surface area contributed by atoms with E-state index < -0.39 is 15.9 Å². The molecular weight excluding hydrogens is 404 g/mol. The number of carbonyl (C=O) groups is 1. The van der Waals surface area contributed by atoms with Crippen LogP contribution in [0.15, 0.2) is 72.0 Å². The molecule has 1 aliphatic carbocycles. The molecule has 0 bridgehead atoms. The lowest BCUT2D eigenvalue weighted by Crippen LogP contribution is -2.25. The molecule has 30 heavy (non-hydrogen) atoms. The van der Waals surface area contributed by atoms with E-state index in [1.807, 2.05) is 12.1 Å². The van der Waals surface area contributed by atoms with Crippen LogP contribution in [0.5, 0.6) is 5.75 Å². The number of aromatic nitrogens is 2. The molecule has 2 heterocycles. The third-order valence-electron chi connectivity index (χ3n) is 4.47. The molecule has 0 saturated heterocycles. The van der Waals surface area contributed by atoms with Gasteiger partial charge in [-0.25, -0.2) is 18.1 Å². The van der Waals surface area contributed by atoms with Gasteiger partial charge in [-0.1, -0.05) is 0 Å². The van der Waals surface area contributed by atoms with Crippen molar-refractivity contribution in [3.63, 3.8) is 0 Å². The highest BCUT2D eigenvalue weighted by Gasteiger charge is 2.28. The third kappa shape index (κ3) is 5.00. The quantitative estimate of drug-likeness (QED) is 0.575. The monoisotopic (exact) mass is 424 g/mol. The van der Waals surface area contributed by atoms with E-state index in [1.165, 1.54) is 24.3 Å². The average Bonchev–Trinajstić information content (AvgIpc) is 3.57. The molecule has 0 spiro atoms. The summed E-state index contributed by atoms with van der Waals surface area (Å²) in [5.41, 5.74) is 1.24. The SMILES string of the molecule is O=C(Nc1ncccc1OCc1ccncc1)c1ccc(S(=O)(=O)NC2CC2)cc1. The van der Waals surface area contributed by atoms with E-state index >= 15 is 0 Å². The first-order valence-electron chi connectivity index (χ1n) is 9.42. The first-order valence-corrected chi connectivity index (χ1v) is 10.9. The lowest BCUT2D eigenvalue weighted by molar-refractivity contribution is 0.102. The molecule has 9 heteroatoms. The van der Waals surface area contributed by atoms with Crippen LogP contribution in [0.1, 0.15) is 28.8 Å². The highest BCUT2D eigenvalue weighted by molar-refractivity contribution is 7.89. The summed E-state index contributed by atoms with van der Waals surface area (Å²) in [5, 5.41) is 2.71. The van der Waals surface area contributed by atoms with Gasteiger partial charge < -0.3 is 10.1 Å². The fourth-order valence-corrected chi connectivity index (χ4v) is 4.00. The van der Waals surface area contributed by atoms with Crippen LogP contribution in [-0.4, -0.2) is 30.3 Å². The van der Waals surface area contributed by atoms with E-state index in [9.17, 15) is 13.2 Å². The van der Waals surface area contributed by atoms with E-state index in [0.29, 0.717) is 17.9 Å². The summed E-state index contributed by atoms with van der Waals surface area (Å²) in [6.45, 7) is 0.303. The maximum Gasteiger partial charge on any atom is 0.256 e. The third-order valence-corrected chi connectivity index (χ3v) is 6.01. The van der Waals surface area contributed by atoms with Crippen molar-refractivity contribution in [2.24, 2.45) is 0 Å². The fraction of sp³-hybridized carbons (Fsp3) is 0.190. The van der Waals surface area contributed by atoms with Crippen LogP contribution in [-0.2, 0) is 16.6 Å². The molecule has 1 aromatic carbocycles. The van der Waals surface area contributed by atoms with Crippen molar-refractivity contribution >= 4 is 21.7 Å². The molecule has 0 radical (unpaired) electrons. The molecule has 0 aliphatic heterocycles. The number of amides is 1. The van der Waals surface area contributed by atoms with Gasteiger partial charge in [0.1, 0.15) is 6.61 Å². The van der Waals surface area contributed by atoms with Gasteiger partial charge in [-0.3, -0.25) is 9.78 Å². The first kappa shape index (κ1) is 20.0. The molecule has 2 aromatic heterocycles. The Hall–Kier alpha value is -3.30. The van der Waals surface area contributed by atoms with Gasteiger partial charge in [0.15, 0.2) is 11.6 Å². The van der Waals surface area contributed by atoms with Crippen LogP contribution in [0, 0.1) is 0 Å². The molecule has 0 unspecified atom stereocenters. The Balaban J connectivity index is 1.43. The summed E-state index contributed by atoms with van der Waals surface area (Å²) < 4.78 is 32.9. The number of rotatable bonds is 8. The summed E-state index contributed by atoms with van der Waals surface area (Å²) in [6, 6.07) is 12.9. The predicted molar refractivity (Wildman–Crippen MR) is 111 cm³/mol. The number of nitrogens with zero attached hydrogens (tertiary/aromatic N) is 2. The number of pyridine rings is 2. The van der Waals surface area contributed by atoms with E-state index in [0.717, 1.165) is 18.4 Å². The Kier molecular flexibility index (Phi) is 5.73. The summed E-state index contributed by atoms with van der Waals surface area (Å²) in [4.78, 5) is 20.9. The maximum atomic E-state index is 12.6. The van der Waals surface area contributed by atoms with Crippen molar-refractivity contribution in [3.8, 4) is 5.75 Å². The van der Waals surface area contributed by atoms with Gasteiger partial charge in [0.05, 0.1) is 4.90 Å². The maximum absolute atomic E-state index is 12.6. The first-order chi connectivity index (χ1) is 14.5. The van der Waals surface area contributed by atoms with Crippen LogP contribution in [0.2, 0.25) is 0 Å². The summed E-state index contributed by atoms with van der Waals surface area (Å²) >= 11 is 0. The van der Waals surface area contributed by atoms with Crippen LogP contribution in [0.4, 0.5) is 5.82 Å². The number of anilines is 1. The van der Waals surface area contributed by atoms with E-state index in [1.54, 1.807) is 30.7 Å². The van der Waals surface area contributed by atoms with Crippen LogP contribution in [0.3, 0.4) is 0 Å². The fourth-order valence-electron chi connectivity index (χ4n) is 2.69. The number of benzene rings is 1. The van der Waals surface area contributed by atoms with Gasteiger partial charge in [-0.15, -0.1) is 0 Å². The number of carbonyl (C=O) groups excluding carboxylic acids is 1. The van der Waals surface area contributed by atoms with Gasteiger partial charge in [-0.05, 0) is 66.9 Å². The van der Waals surface area contributed by atoms with Crippen molar-refractivity contribution in [2.75, 3.05) is 5.32 Å². The van der Waals surface area contributed by atoms with Crippen molar-refractivity contribution < 1.29 is 17.9 Å². The van der Waals surface area contributed by atoms with Gasteiger partial charge in [0.25, 0.3) is 5.91 Å². The van der Waals surface area contributed by atoms with Crippen LogP contribution < -0.4 is 14.8 Å². The van der Waals surface area contributed by atoms with Gasteiger partial charge in [0.2, 0.25) is 10.0 Å². The lowest BCUT2D eigenvalue weighted by Gasteiger charge is -2.12. The summed E-state index contributed by atoms with van der Waals surface area (Å²) in [5.74, 6) is 0.292. The lowest BCUT2D eigenvalue weighted by atomic mass is 10.2. The summed E-state index contributed by atoms with van der Waals surface area (Å²) in [6.07, 6.45) is 6.61. The highest BCUT2D eigenvalue weighted by Crippen LogP contribution is 2.24. The molecular formula is C21H20N4O4S. The minimum absolute atomic E-state index is 0.0210. The topological polar surface area (TPSA) is 110 Å². The zero-order chi connectivity index (χ0) is 21.0. The minimum Gasteiger partial charge on any atom is -0.485 e. The zero-order valence-corrected chi connectivity index (χ0v) is 16.8. The second kappa shape index (κ2) is 8.60. The zero-order valence-electron chi connectivity index (χ0n) is 16.0. The second-order valence-electron chi connectivity index (χ2n) is 6.87. The van der Waals surface area contributed by atoms with Crippen molar-refractivity contribution in [1.29, 1.82) is 0 Å². The average molecular weight is 424 g/mol. The van der Waals surface area contributed by atoms with Gasteiger partial charge in [-0.2, -0.15) is 0 Å². The van der Waals surface area contributed by atoms with Crippen molar-refractivity contribution in [1.82, 2.24) is 14.7 Å². The van der Waals surface area contributed by atoms with E-state index in [-0.39, 0.29) is 16.8 Å². The molecule has 154 valence electrons. The molecule has 2 N–H and O–H groups in total. The van der Waals surface area contributed by atoms with E-state index in [4.69, 9.17) is 4.74 Å². The Bertz CT molecular complexity index is 1130. The smallest absolute Gasteiger partial charge is 0.256 e. The molecule has 0 atom stereocenters. The molecule has 4 rings (SSSR count). The highest BCUT2D eigenvalue weighted by atomic mass is 32.2. The molecule has 3 aromatic rings. The number of hydrogen-bond acceptors (Lipinski definition) is 6.